The van der Waals surface area contributed by atoms with Gasteiger partial charge in [0.25, 0.3) is 0 Å². The normalized spacial score (nSPS) is 18.3. The molecule has 1 aromatic rings. The molecule has 0 fully saturated rings. The fraction of sp³-hybridized carbons (Fsp3) is 0.417. The molecule has 1 amide bonds. The molecule has 1 aliphatic rings. The van der Waals surface area contributed by atoms with E-state index in [4.69, 9.17) is 0 Å². The number of nitrogens with one attached hydrogen (secondary N) is 1. The van der Waals surface area contributed by atoms with Crippen molar-refractivity contribution in [3.8, 4) is 0 Å². The Morgan fingerprint density at radius 1 is 1.33 bits per heavy atom. The lowest BCUT2D eigenvalue weighted by atomic mass is 10.3. The fourth-order valence-electron chi connectivity index (χ4n) is 1.15. The maximum Gasteiger partial charge on any atom is 0.237 e. The Morgan fingerprint density at radius 2 is 1.93 bits per heavy atom. The summed E-state index contributed by atoms with van der Waals surface area (Å²) in [5.74, 6) is 0.0960. The molecule has 0 bridgehead atoms. The fourth-order valence-corrected chi connectivity index (χ4v) is 2.10. The first kappa shape index (κ1) is 12.1. The largest absolute Gasteiger partial charge is 0.324 e. The van der Waals surface area contributed by atoms with Crippen molar-refractivity contribution in [2.75, 3.05) is 5.32 Å². The zero-order chi connectivity index (χ0) is 11.3. The summed E-state index contributed by atoms with van der Waals surface area (Å²) >= 11 is 1.61. The van der Waals surface area contributed by atoms with Crippen molar-refractivity contribution >= 4 is 23.4 Å². The Morgan fingerprint density at radius 3 is 2.60 bits per heavy atom. The van der Waals surface area contributed by atoms with Crippen LogP contribution in [0.4, 0.5) is 5.69 Å². The summed E-state index contributed by atoms with van der Waals surface area (Å²) in [7, 11) is 0. The van der Waals surface area contributed by atoms with E-state index in [9.17, 15) is 4.79 Å². The molecular formula is C12H17NOS. The second-order valence-corrected chi connectivity index (χ2v) is 4.84. The van der Waals surface area contributed by atoms with E-state index in [-0.39, 0.29) is 11.2 Å². The van der Waals surface area contributed by atoms with Crippen LogP contribution in [0.5, 0.6) is 0 Å². The van der Waals surface area contributed by atoms with E-state index < -0.39 is 0 Å². The molecule has 1 unspecified atom stereocenters. The van der Waals surface area contributed by atoms with Crippen LogP contribution in [0, 0.1) is 0 Å². The van der Waals surface area contributed by atoms with Gasteiger partial charge in [-0.2, -0.15) is 0 Å². The molecule has 0 spiro atoms. The summed E-state index contributed by atoms with van der Waals surface area (Å²) in [4.78, 5) is 12.4. The number of benzene rings is 1. The number of para-hydroxylation sites is 1. The summed E-state index contributed by atoms with van der Waals surface area (Å²) in [6.07, 6.45) is 1.25. The topological polar surface area (TPSA) is 29.1 Å². The van der Waals surface area contributed by atoms with E-state index >= 15 is 0 Å². The first-order valence-corrected chi connectivity index (χ1v) is 6.13. The molecule has 0 saturated carbocycles. The number of rotatable bonds is 0. The zero-order valence-corrected chi connectivity index (χ0v) is 10.2. The molecule has 1 N–H and O–H groups in total. The summed E-state index contributed by atoms with van der Waals surface area (Å²) in [5.41, 5.74) is 0.936. The lowest BCUT2D eigenvalue weighted by molar-refractivity contribution is -0.115. The van der Waals surface area contributed by atoms with Crippen LogP contribution >= 0.6 is 11.8 Å². The van der Waals surface area contributed by atoms with E-state index in [1.807, 2.05) is 31.2 Å². The first-order chi connectivity index (χ1) is 7.19. The lowest BCUT2D eigenvalue weighted by Crippen LogP contribution is -2.26. The van der Waals surface area contributed by atoms with Gasteiger partial charge in [0, 0.05) is 4.90 Å². The average Bonchev–Trinajstić information content (AvgIpc) is 2.21. The van der Waals surface area contributed by atoms with Crippen LogP contribution in [0.3, 0.4) is 0 Å². The molecule has 1 aromatic carbocycles. The molecule has 0 radical (unpaired) electrons. The predicted molar refractivity (Wildman–Crippen MR) is 66.4 cm³/mol. The van der Waals surface area contributed by atoms with Crippen LogP contribution in [0.2, 0.25) is 0 Å². The van der Waals surface area contributed by atoms with E-state index in [0.717, 1.165) is 10.6 Å². The molecular weight excluding hydrogens is 206 g/mol. The SMILES string of the molecule is CC1Sc2ccccc2NC1=O.CCC. The quantitative estimate of drug-likeness (QED) is 0.729. The van der Waals surface area contributed by atoms with Crippen molar-refractivity contribution in [3.05, 3.63) is 24.3 Å². The second kappa shape index (κ2) is 5.81. The van der Waals surface area contributed by atoms with Crippen molar-refractivity contribution in [3.63, 3.8) is 0 Å². The summed E-state index contributed by atoms with van der Waals surface area (Å²) in [6, 6.07) is 7.85. The van der Waals surface area contributed by atoms with Gasteiger partial charge in [0.2, 0.25) is 5.91 Å². The molecule has 82 valence electrons. The highest BCUT2D eigenvalue weighted by atomic mass is 32.2. The van der Waals surface area contributed by atoms with Crippen LogP contribution in [0.1, 0.15) is 27.2 Å². The van der Waals surface area contributed by atoms with E-state index in [1.54, 1.807) is 11.8 Å². The molecule has 3 heteroatoms. The van der Waals surface area contributed by atoms with Gasteiger partial charge in [-0.15, -0.1) is 11.8 Å². The Labute approximate surface area is 95.5 Å². The van der Waals surface area contributed by atoms with E-state index in [2.05, 4.69) is 19.2 Å². The molecule has 2 rings (SSSR count). The molecule has 2 nitrogen and oxygen atoms in total. The molecule has 0 aromatic heterocycles. The highest BCUT2D eigenvalue weighted by Crippen LogP contribution is 2.34. The number of hydrogen-bond donors (Lipinski definition) is 1. The van der Waals surface area contributed by atoms with Gasteiger partial charge in [0.1, 0.15) is 0 Å². The van der Waals surface area contributed by atoms with Gasteiger partial charge >= 0.3 is 0 Å². The third-order valence-corrected chi connectivity index (χ3v) is 3.00. The Bertz CT molecular complexity index is 338. The molecule has 0 saturated heterocycles. The summed E-state index contributed by atoms with van der Waals surface area (Å²) < 4.78 is 0. The molecule has 1 aliphatic heterocycles. The van der Waals surface area contributed by atoms with Gasteiger partial charge < -0.3 is 5.32 Å². The second-order valence-electron chi connectivity index (χ2n) is 3.45. The van der Waals surface area contributed by atoms with Crippen LogP contribution in [0.25, 0.3) is 0 Å². The standard InChI is InChI=1S/C9H9NOS.C3H8/c1-6-9(11)10-7-4-2-3-5-8(7)12-6;1-3-2/h2-6H,1H3,(H,10,11);3H2,1-2H3. The monoisotopic (exact) mass is 223 g/mol. The van der Waals surface area contributed by atoms with Crippen molar-refractivity contribution < 1.29 is 4.79 Å². The van der Waals surface area contributed by atoms with Gasteiger partial charge in [-0.05, 0) is 19.1 Å². The maximum atomic E-state index is 11.2. The number of thioether (sulfide) groups is 1. The molecule has 1 atom stereocenters. The van der Waals surface area contributed by atoms with Crippen molar-refractivity contribution in [1.82, 2.24) is 0 Å². The van der Waals surface area contributed by atoms with Crippen LogP contribution in [-0.2, 0) is 4.79 Å². The van der Waals surface area contributed by atoms with Crippen molar-refractivity contribution in [2.45, 2.75) is 37.3 Å². The maximum absolute atomic E-state index is 11.2. The highest BCUT2D eigenvalue weighted by molar-refractivity contribution is 8.00. The third kappa shape index (κ3) is 3.27. The number of fused-ring (bicyclic) bond motifs is 1. The Hall–Kier alpha value is -0.960. The number of hydrogen-bond acceptors (Lipinski definition) is 2. The number of carbonyl (C=O) groups is 1. The van der Waals surface area contributed by atoms with Crippen LogP contribution in [-0.4, -0.2) is 11.2 Å². The van der Waals surface area contributed by atoms with Gasteiger partial charge in [0.05, 0.1) is 10.9 Å². The number of anilines is 1. The number of amides is 1. The average molecular weight is 223 g/mol. The third-order valence-electron chi connectivity index (χ3n) is 1.82. The molecule has 0 aliphatic carbocycles. The Kier molecular flexibility index (Phi) is 4.69. The smallest absolute Gasteiger partial charge is 0.237 e. The van der Waals surface area contributed by atoms with E-state index in [0.29, 0.717) is 0 Å². The van der Waals surface area contributed by atoms with Gasteiger partial charge in [0.15, 0.2) is 0 Å². The summed E-state index contributed by atoms with van der Waals surface area (Å²) in [6.45, 7) is 6.16. The minimum absolute atomic E-state index is 0.0277. The van der Waals surface area contributed by atoms with Crippen molar-refractivity contribution in [1.29, 1.82) is 0 Å². The Balaban J connectivity index is 0.000000337. The van der Waals surface area contributed by atoms with Gasteiger partial charge in [-0.25, -0.2) is 0 Å². The van der Waals surface area contributed by atoms with Crippen molar-refractivity contribution in [2.24, 2.45) is 0 Å². The minimum Gasteiger partial charge on any atom is -0.324 e. The lowest BCUT2D eigenvalue weighted by Gasteiger charge is -2.20. The highest BCUT2D eigenvalue weighted by Gasteiger charge is 2.21. The summed E-state index contributed by atoms with van der Waals surface area (Å²) in [5, 5.41) is 2.88. The van der Waals surface area contributed by atoms with Crippen LogP contribution in [0.15, 0.2) is 29.2 Å². The van der Waals surface area contributed by atoms with E-state index in [1.165, 1.54) is 6.42 Å². The van der Waals surface area contributed by atoms with Crippen LogP contribution < -0.4 is 5.32 Å². The van der Waals surface area contributed by atoms with Gasteiger partial charge in [-0.1, -0.05) is 32.4 Å². The first-order valence-electron chi connectivity index (χ1n) is 5.25. The zero-order valence-electron chi connectivity index (χ0n) is 9.41. The predicted octanol–water partition coefficient (Wildman–Crippen LogP) is 3.54. The molecule has 15 heavy (non-hydrogen) atoms. The minimum atomic E-state index is 0.0277. The number of carbonyl (C=O) groups excluding carboxylic acids is 1. The molecule has 1 heterocycles. The van der Waals surface area contributed by atoms with Gasteiger partial charge in [-0.3, -0.25) is 4.79 Å².